The van der Waals surface area contributed by atoms with E-state index in [1.165, 1.54) is 12.1 Å². The number of non-ortho nitro benzene ring substituents is 1. The quantitative estimate of drug-likeness (QED) is 0.278. The Morgan fingerprint density at radius 3 is 2.31 bits per heavy atom. The molecule has 36 heavy (non-hydrogen) atoms. The molecule has 0 fully saturated rings. The van der Waals surface area contributed by atoms with Gasteiger partial charge in [-0.05, 0) is 78.9 Å². The van der Waals surface area contributed by atoms with Crippen molar-refractivity contribution in [3.63, 3.8) is 0 Å². The predicted molar refractivity (Wildman–Crippen MR) is 135 cm³/mol. The molecule has 4 aromatic rings. The highest BCUT2D eigenvalue weighted by molar-refractivity contribution is 5.99. The number of fused-ring (bicyclic) bond motifs is 2. The van der Waals surface area contributed by atoms with Crippen LogP contribution in [0.4, 0.5) is 5.69 Å². The number of methoxy groups -OCH3 is 1. The summed E-state index contributed by atoms with van der Waals surface area (Å²) in [5, 5.41) is 11.6. The van der Waals surface area contributed by atoms with Gasteiger partial charge in [-0.3, -0.25) is 19.7 Å². The maximum atomic E-state index is 13.7. The Labute approximate surface area is 206 Å². The second-order valence-corrected chi connectivity index (χ2v) is 8.95. The van der Waals surface area contributed by atoms with Crippen molar-refractivity contribution in [2.24, 2.45) is 0 Å². The first-order chi connectivity index (χ1) is 17.3. The number of ether oxygens (including phenoxy) is 1. The van der Waals surface area contributed by atoms with Crippen molar-refractivity contribution in [3.8, 4) is 5.75 Å². The molecule has 0 saturated carbocycles. The van der Waals surface area contributed by atoms with Gasteiger partial charge in [-0.1, -0.05) is 12.1 Å². The van der Waals surface area contributed by atoms with E-state index in [9.17, 15) is 19.7 Å². The number of hydrogen-bond donors (Lipinski definition) is 0. The summed E-state index contributed by atoms with van der Waals surface area (Å²) >= 11 is 0. The smallest absolute Gasteiger partial charge is 0.290 e. The van der Waals surface area contributed by atoms with Gasteiger partial charge in [0.05, 0.1) is 29.0 Å². The molecule has 0 spiro atoms. The Bertz CT molecular complexity index is 1550. The van der Waals surface area contributed by atoms with Crippen LogP contribution in [-0.4, -0.2) is 29.4 Å². The summed E-state index contributed by atoms with van der Waals surface area (Å²) in [6.07, 6.45) is 0.541. The van der Waals surface area contributed by atoms with Crippen LogP contribution >= 0.6 is 0 Å². The van der Waals surface area contributed by atoms with Crippen molar-refractivity contribution in [2.45, 2.75) is 26.3 Å². The van der Waals surface area contributed by atoms with Crippen LogP contribution in [0, 0.1) is 24.0 Å². The van der Waals surface area contributed by atoms with E-state index in [1.807, 2.05) is 38.1 Å². The first-order valence-electron chi connectivity index (χ1n) is 11.5. The van der Waals surface area contributed by atoms with E-state index in [2.05, 4.69) is 0 Å². The van der Waals surface area contributed by atoms with E-state index in [0.29, 0.717) is 29.5 Å². The molecule has 182 valence electrons. The fourth-order valence-electron chi connectivity index (χ4n) is 4.67. The number of carbonyl (C=O) groups excluding carboxylic acids is 1. The van der Waals surface area contributed by atoms with Crippen LogP contribution in [-0.2, 0) is 6.42 Å². The zero-order valence-electron chi connectivity index (χ0n) is 20.1. The van der Waals surface area contributed by atoms with Gasteiger partial charge in [0.25, 0.3) is 11.6 Å². The molecule has 0 aliphatic carbocycles. The minimum Gasteiger partial charge on any atom is -0.497 e. The maximum Gasteiger partial charge on any atom is 0.290 e. The van der Waals surface area contributed by atoms with Crippen LogP contribution in [0.3, 0.4) is 0 Å². The summed E-state index contributed by atoms with van der Waals surface area (Å²) in [6, 6.07) is 16.4. The van der Waals surface area contributed by atoms with Crippen LogP contribution in [0.2, 0.25) is 0 Å². The van der Waals surface area contributed by atoms with Crippen molar-refractivity contribution in [1.29, 1.82) is 0 Å². The van der Waals surface area contributed by atoms with Crippen LogP contribution in [0.25, 0.3) is 11.0 Å². The third kappa shape index (κ3) is 3.90. The molecule has 0 N–H and O–H groups in total. The van der Waals surface area contributed by atoms with Gasteiger partial charge < -0.3 is 14.1 Å². The number of aryl methyl sites for hydroxylation is 2. The molecule has 0 unspecified atom stereocenters. The van der Waals surface area contributed by atoms with Gasteiger partial charge in [-0.2, -0.15) is 0 Å². The molecule has 1 atom stereocenters. The minimum absolute atomic E-state index is 0.0221. The number of nitro groups is 1. The van der Waals surface area contributed by atoms with Gasteiger partial charge in [0.2, 0.25) is 5.76 Å². The summed E-state index contributed by atoms with van der Waals surface area (Å²) in [4.78, 5) is 39.6. The average Bonchev–Trinajstić information content (AvgIpc) is 3.16. The predicted octanol–water partition coefficient (Wildman–Crippen LogP) is 5.11. The molecule has 0 bridgehead atoms. The van der Waals surface area contributed by atoms with Crippen molar-refractivity contribution in [3.05, 3.63) is 115 Å². The number of rotatable bonds is 6. The summed E-state index contributed by atoms with van der Waals surface area (Å²) in [7, 11) is 1.60. The molecule has 0 saturated heterocycles. The topological polar surface area (TPSA) is 103 Å². The average molecular weight is 485 g/mol. The molecule has 1 amide bonds. The molecule has 1 aromatic heterocycles. The summed E-state index contributed by atoms with van der Waals surface area (Å²) < 4.78 is 11.3. The van der Waals surface area contributed by atoms with E-state index in [4.69, 9.17) is 9.15 Å². The summed E-state index contributed by atoms with van der Waals surface area (Å²) in [5.41, 5.74) is 3.81. The fraction of sp³-hybridized carbons (Fsp3) is 0.214. The lowest BCUT2D eigenvalue weighted by molar-refractivity contribution is -0.384. The molecule has 3 aromatic carbocycles. The minimum atomic E-state index is -0.714. The molecule has 5 rings (SSSR count). The van der Waals surface area contributed by atoms with Crippen molar-refractivity contribution in [2.75, 3.05) is 13.7 Å². The Kier molecular flexibility index (Phi) is 5.80. The number of amides is 1. The SMILES string of the molecule is COc1ccc(CCN2C(=O)c3oc4cc(C)c(C)cc4c(=O)c3[C@H]2c2ccc([N+](=O)[O-])cc2)cc1. The number of nitrogens with zero attached hydrogens (tertiary/aromatic N) is 2. The lowest BCUT2D eigenvalue weighted by Crippen LogP contribution is -2.31. The number of benzene rings is 3. The normalized spacial score (nSPS) is 14.8. The second kappa shape index (κ2) is 8.96. The van der Waals surface area contributed by atoms with E-state index >= 15 is 0 Å². The van der Waals surface area contributed by atoms with E-state index in [0.717, 1.165) is 22.4 Å². The third-order valence-electron chi connectivity index (χ3n) is 6.80. The highest BCUT2D eigenvalue weighted by Crippen LogP contribution is 2.39. The molecule has 1 aliphatic heterocycles. The van der Waals surface area contributed by atoms with Gasteiger partial charge >= 0.3 is 0 Å². The zero-order valence-corrected chi connectivity index (χ0v) is 20.1. The fourth-order valence-corrected chi connectivity index (χ4v) is 4.67. The molecular formula is C28H24N2O6. The Balaban J connectivity index is 1.61. The van der Waals surface area contributed by atoms with Gasteiger partial charge in [0.15, 0.2) is 5.43 Å². The van der Waals surface area contributed by atoms with E-state index in [-0.39, 0.29) is 28.3 Å². The first-order valence-corrected chi connectivity index (χ1v) is 11.5. The van der Waals surface area contributed by atoms with Gasteiger partial charge in [0.1, 0.15) is 11.3 Å². The molecule has 0 radical (unpaired) electrons. The van der Waals surface area contributed by atoms with Crippen LogP contribution < -0.4 is 10.2 Å². The second-order valence-electron chi connectivity index (χ2n) is 8.95. The molecule has 8 nitrogen and oxygen atoms in total. The van der Waals surface area contributed by atoms with Crippen LogP contribution in [0.15, 0.2) is 69.9 Å². The van der Waals surface area contributed by atoms with Gasteiger partial charge in [0, 0.05) is 18.7 Å². The van der Waals surface area contributed by atoms with Crippen LogP contribution in [0.5, 0.6) is 5.75 Å². The summed E-state index contributed by atoms with van der Waals surface area (Å²) in [6.45, 7) is 4.16. The first kappa shape index (κ1) is 23.3. The van der Waals surface area contributed by atoms with Crippen LogP contribution in [0.1, 0.15) is 44.4 Å². The Hall–Kier alpha value is -4.46. The lowest BCUT2D eigenvalue weighted by Gasteiger charge is -2.25. The highest BCUT2D eigenvalue weighted by Gasteiger charge is 2.42. The van der Waals surface area contributed by atoms with E-state index < -0.39 is 11.0 Å². The standard InChI is InChI=1S/C28H24N2O6/c1-16-14-22-23(15-17(16)2)36-27-24(26(22)31)25(19-6-8-20(9-7-19)30(33)34)29(28(27)32)13-12-18-4-10-21(35-3)11-5-18/h4-11,14-15,25H,12-13H2,1-3H3/t25-/m1/s1. The molecular weight excluding hydrogens is 460 g/mol. The Morgan fingerprint density at radius 1 is 1.00 bits per heavy atom. The molecule has 1 aliphatic rings. The zero-order chi connectivity index (χ0) is 25.6. The molecule has 8 heteroatoms. The molecule has 2 heterocycles. The number of hydrogen-bond acceptors (Lipinski definition) is 6. The number of nitro benzene ring substituents is 1. The third-order valence-corrected chi connectivity index (χ3v) is 6.80. The summed E-state index contributed by atoms with van der Waals surface area (Å²) in [5.74, 6) is 0.382. The van der Waals surface area contributed by atoms with Crippen molar-refractivity contribution >= 4 is 22.6 Å². The van der Waals surface area contributed by atoms with Crippen molar-refractivity contribution < 1.29 is 18.9 Å². The monoisotopic (exact) mass is 484 g/mol. The van der Waals surface area contributed by atoms with Crippen molar-refractivity contribution in [1.82, 2.24) is 4.90 Å². The van der Waals surface area contributed by atoms with Gasteiger partial charge in [-0.15, -0.1) is 0 Å². The maximum absolute atomic E-state index is 13.7. The van der Waals surface area contributed by atoms with Gasteiger partial charge in [-0.25, -0.2) is 0 Å². The number of carbonyl (C=O) groups is 1. The largest absolute Gasteiger partial charge is 0.497 e. The lowest BCUT2D eigenvalue weighted by atomic mass is 9.97. The highest BCUT2D eigenvalue weighted by atomic mass is 16.6. The van der Waals surface area contributed by atoms with E-state index in [1.54, 1.807) is 36.3 Å². The Morgan fingerprint density at radius 2 is 1.67 bits per heavy atom.